The van der Waals surface area contributed by atoms with E-state index in [0.29, 0.717) is 17.8 Å². The molecule has 2 atom stereocenters. The maximum absolute atomic E-state index is 5.54. The number of hydrogen-bond donors (Lipinski definition) is 0. The number of rotatable bonds is 5. The molecule has 7 nitrogen and oxygen atoms in total. The first-order valence-corrected chi connectivity index (χ1v) is 8.28. The Bertz CT molecular complexity index is 770. The second kappa shape index (κ2) is 6.52. The van der Waals surface area contributed by atoms with Crippen LogP contribution in [0.2, 0.25) is 0 Å². The summed E-state index contributed by atoms with van der Waals surface area (Å²) in [7, 11) is 0. The Morgan fingerprint density at radius 1 is 1.29 bits per heavy atom. The molecule has 4 rings (SSSR count). The second-order valence-electron chi connectivity index (χ2n) is 6.15. The Kier molecular flexibility index (Phi) is 4.08. The minimum atomic E-state index is 0.0889. The standard InChI is InChI=1S/C17H20N6O/c1-13(17-20-16(21-24-17)14-6-3-2-4-7-14)23-9-5-8-15(23)10-22-12-18-11-19-22/h2-4,6-7,11-13,15H,5,8-10H2,1H3/t13-,15+/m1/s1. The largest absolute Gasteiger partial charge is 0.337 e. The summed E-state index contributed by atoms with van der Waals surface area (Å²) in [5.74, 6) is 1.31. The highest BCUT2D eigenvalue weighted by Crippen LogP contribution is 2.30. The molecule has 0 bridgehead atoms. The van der Waals surface area contributed by atoms with Gasteiger partial charge in [0.05, 0.1) is 12.6 Å². The zero-order valence-electron chi connectivity index (χ0n) is 13.6. The molecule has 2 aromatic heterocycles. The molecule has 3 heterocycles. The molecule has 0 radical (unpaired) electrons. The van der Waals surface area contributed by atoms with Crippen LogP contribution in [-0.4, -0.2) is 42.4 Å². The number of nitrogens with zero attached hydrogens (tertiary/aromatic N) is 6. The van der Waals surface area contributed by atoms with Crippen molar-refractivity contribution < 1.29 is 4.52 Å². The summed E-state index contributed by atoms with van der Waals surface area (Å²) < 4.78 is 7.43. The van der Waals surface area contributed by atoms with E-state index in [0.717, 1.165) is 25.1 Å². The maximum Gasteiger partial charge on any atom is 0.244 e. The Balaban J connectivity index is 1.50. The molecule has 0 amide bonds. The summed E-state index contributed by atoms with van der Waals surface area (Å²) in [5.41, 5.74) is 0.972. The van der Waals surface area contributed by atoms with E-state index >= 15 is 0 Å². The molecule has 1 aromatic carbocycles. The predicted octanol–water partition coefficient (Wildman–Crippen LogP) is 2.55. The normalized spacial score (nSPS) is 19.6. The fourth-order valence-corrected chi connectivity index (χ4v) is 3.36. The van der Waals surface area contributed by atoms with Crippen molar-refractivity contribution in [3.63, 3.8) is 0 Å². The van der Waals surface area contributed by atoms with E-state index in [1.807, 2.05) is 35.0 Å². The quantitative estimate of drug-likeness (QED) is 0.718. The highest BCUT2D eigenvalue weighted by molar-refractivity contribution is 5.53. The Morgan fingerprint density at radius 3 is 2.96 bits per heavy atom. The third-order valence-corrected chi connectivity index (χ3v) is 4.62. The van der Waals surface area contributed by atoms with Crippen LogP contribution >= 0.6 is 0 Å². The lowest BCUT2D eigenvalue weighted by molar-refractivity contribution is 0.144. The Morgan fingerprint density at radius 2 is 2.17 bits per heavy atom. The summed E-state index contributed by atoms with van der Waals surface area (Å²) in [6, 6.07) is 10.4. The third kappa shape index (κ3) is 2.94. The van der Waals surface area contributed by atoms with Crippen molar-refractivity contribution in [2.75, 3.05) is 6.54 Å². The molecule has 0 N–H and O–H groups in total. The van der Waals surface area contributed by atoms with Gasteiger partial charge in [-0.15, -0.1) is 0 Å². The molecule has 1 saturated heterocycles. The average molecular weight is 324 g/mol. The van der Waals surface area contributed by atoms with Crippen molar-refractivity contribution in [1.29, 1.82) is 0 Å². The summed E-state index contributed by atoms with van der Waals surface area (Å²) in [6.07, 6.45) is 5.65. The molecule has 1 aliphatic rings. The first-order valence-electron chi connectivity index (χ1n) is 8.28. The summed E-state index contributed by atoms with van der Waals surface area (Å²) in [4.78, 5) is 11.0. The van der Waals surface area contributed by atoms with Crippen LogP contribution in [0.1, 0.15) is 31.7 Å². The van der Waals surface area contributed by atoms with Crippen LogP contribution in [0, 0.1) is 0 Å². The zero-order chi connectivity index (χ0) is 16.4. The van der Waals surface area contributed by atoms with E-state index in [-0.39, 0.29) is 6.04 Å². The Labute approximate surface area is 140 Å². The summed E-state index contributed by atoms with van der Waals surface area (Å²) >= 11 is 0. The van der Waals surface area contributed by atoms with Crippen molar-refractivity contribution >= 4 is 0 Å². The molecule has 124 valence electrons. The van der Waals surface area contributed by atoms with Crippen molar-refractivity contribution in [1.82, 2.24) is 29.8 Å². The topological polar surface area (TPSA) is 72.9 Å². The van der Waals surface area contributed by atoms with E-state index in [2.05, 4.69) is 32.0 Å². The first-order chi connectivity index (χ1) is 11.8. The van der Waals surface area contributed by atoms with Crippen molar-refractivity contribution in [3.8, 4) is 11.4 Å². The molecule has 24 heavy (non-hydrogen) atoms. The molecule has 1 fully saturated rings. The molecule has 0 unspecified atom stereocenters. The van der Waals surface area contributed by atoms with Crippen molar-refractivity contribution in [2.24, 2.45) is 0 Å². The molecule has 1 aliphatic heterocycles. The van der Waals surface area contributed by atoms with Gasteiger partial charge in [-0.05, 0) is 26.3 Å². The van der Waals surface area contributed by atoms with Crippen molar-refractivity contribution in [3.05, 3.63) is 48.9 Å². The SMILES string of the molecule is C[C@H](c1nc(-c2ccccc2)no1)N1CCC[C@H]1Cn1cncn1. The van der Waals surface area contributed by atoms with Crippen LogP contribution in [0.25, 0.3) is 11.4 Å². The smallest absolute Gasteiger partial charge is 0.244 e. The van der Waals surface area contributed by atoms with Crippen LogP contribution < -0.4 is 0 Å². The second-order valence-corrected chi connectivity index (χ2v) is 6.15. The van der Waals surface area contributed by atoms with E-state index in [1.54, 1.807) is 12.7 Å². The van der Waals surface area contributed by atoms with Gasteiger partial charge in [0, 0.05) is 11.6 Å². The minimum absolute atomic E-state index is 0.0889. The van der Waals surface area contributed by atoms with Crippen molar-refractivity contribution in [2.45, 2.75) is 38.4 Å². The Hall–Kier alpha value is -2.54. The van der Waals surface area contributed by atoms with E-state index in [1.165, 1.54) is 6.42 Å². The third-order valence-electron chi connectivity index (χ3n) is 4.62. The fourth-order valence-electron chi connectivity index (χ4n) is 3.36. The van der Waals surface area contributed by atoms with Crippen LogP contribution in [0.15, 0.2) is 47.5 Å². The molecule has 0 aliphatic carbocycles. The van der Waals surface area contributed by atoms with E-state index in [4.69, 9.17) is 4.52 Å². The lowest BCUT2D eigenvalue weighted by Crippen LogP contribution is -2.35. The van der Waals surface area contributed by atoms with Gasteiger partial charge in [0.1, 0.15) is 12.7 Å². The number of aromatic nitrogens is 5. The number of hydrogen-bond acceptors (Lipinski definition) is 6. The average Bonchev–Trinajstić information content (AvgIpc) is 3.37. The molecule has 0 spiro atoms. The van der Waals surface area contributed by atoms with Gasteiger partial charge < -0.3 is 4.52 Å². The molecular formula is C17H20N6O. The minimum Gasteiger partial charge on any atom is -0.337 e. The molecule has 3 aromatic rings. The van der Waals surface area contributed by atoms with Gasteiger partial charge in [0.15, 0.2) is 0 Å². The molecule has 7 heteroatoms. The summed E-state index contributed by atoms with van der Waals surface area (Å²) in [6.45, 7) is 4.00. The van der Waals surface area contributed by atoms with E-state index < -0.39 is 0 Å². The lowest BCUT2D eigenvalue weighted by Gasteiger charge is -2.28. The summed E-state index contributed by atoms with van der Waals surface area (Å²) in [5, 5.41) is 8.36. The van der Waals surface area contributed by atoms with Crippen LogP contribution in [0.3, 0.4) is 0 Å². The van der Waals surface area contributed by atoms with Gasteiger partial charge in [-0.25, -0.2) is 4.98 Å². The van der Waals surface area contributed by atoms with Gasteiger partial charge in [0.2, 0.25) is 11.7 Å². The van der Waals surface area contributed by atoms with E-state index in [9.17, 15) is 0 Å². The van der Waals surface area contributed by atoms with Gasteiger partial charge in [-0.3, -0.25) is 9.58 Å². The monoisotopic (exact) mass is 324 g/mol. The van der Waals surface area contributed by atoms with Gasteiger partial charge >= 0.3 is 0 Å². The van der Waals surface area contributed by atoms with Crippen LogP contribution in [-0.2, 0) is 6.54 Å². The molecular weight excluding hydrogens is 304 g/mol. The number of benzene rings is 1. The van der Waals surface area contributed by atoms with Gasteiger partial charge in [0.25, 0.3) is 0 Å². The highest BCUT2D eigenvalue weighted by atomic mass is 16.5. The van der Waals surface area contributed by atoms with Crippen LogP contribution in [0.4, 0.5) is 0 Å². The highest BCUT2D eigenvalue weighted by Gasteiger charge is 2.32. The fraction of sp³-hybridized carbons (Fsp3) is 0.412. The van der Waals surface area contributed by atoms with Crippen LogP contribution in [0.5, 0.6) is 0 Å². The first kappa shape index (κ1) is 15.0. The predicted molar refractivity (Wildman–Crippen MR) is 87.9 cm³/mol. The molecule has 0 saturated carbocycles. The lowest BCUT2D eigenvalue weighted by atomic mass is 10.2. The zero-order valence-corrected chi connectivity index (χ0v) is 13.6. The number of likely N-dealkylation sites (tertiary alicyclic amines) is 1. The van der Waals surface area contributed by atoms with Gasteiger partial charge in [-0.2, -0.15) is 10.1 Å². The maximum atomic E-state index is 5.54. The van der Waals surface area contributed by atoms with Gasteiger partial charge in [-0.1, -0.05) is 35.5 Å².